The summed E-state index contributed by atoms with van der Waals surface area (Å²) in [5.74, 6) is 0.522. The molecule has 3 N–H and O–H groups in total. The van der Waals surface area contributed by atoms with Gasteiger partial charge in [-0.05, 0) is 22.4 Å². The van der Waals surface area contributed by atoms with Gasteiger partial charge in [0.1, 0.15) is 0 Å². The first-order valence-electron chi connectivity index (χ1n) is 4.32. The van der Waals surface area contributed by atoms with Crippen LogP contribution < -0.4 is 11.1 Å². The van der Waals surface area contributed by atoms with Crippen molar-refractivity contribution in [2.24, 2.45) is 0 Å². The molecule has 0 aliphatic heterocycles. The fourth-order valence-electron chi connectivity index (χ4n) is 1.05. The number of anilines is 1. The number of aromatic nitrogens is 2. The number of carbonyl (C=O) groups excluding carboxylic acids is 1. The summed E-state index contributed by atoms with van der Waals surface area (Å²) >= 11 is 3.26. The maximum atomic E-state index is 10.9. The average molecular weight is 261 g/mol. The zero-order valence-electron chi connectivity index (χ0n) is 7.96. The second kappa shape index (κ2) is 4.99. The van der Waals surface area contributed by atoms with Crippen molar-refractivity contribution in [1.82, 2.24) is 15.1 Å². The SMILES string of the molecule is CNC(=O)CCCn1cc(Br)c(N)n1. The summed E-state index contributed by atoms with van der Waals surface area (Å²) in [6.07, 6.45) is 3.07. The molecule has 14 heavy (non-hydrogen) atoms. The third-order valence-electron chi connectivity index (χ3n) is 1.81. The van der Waals surface area contributed by atoms with Crippen molar-refractivity contribution in [1.29, 1.82) is 0 Å². The zero-order chi connectivity index (χ0) is 10.6. The van der Waals surface area contributed by atoms with Crippen LogP contribution in [-0.4, -0.2) is 22.7 Å². The van der Waals surface area contributed by atoms with E-state index in [-0.39, 0.29) is 5.91 Å². The van der Waals surface area contributed by atoms with Crippen LogP contribution in [0.25, 0.3) is 0 Å². The topological polar surface area (TPSA) is 72.9 Å². The second-order valence-electron chi connectivity index (χ2n) is 2.90. The van der Waals surface area contributed by atoms with Gasteiger partial charge in [-0.1, -0.05) is 0 Å². The Morgan fingerprint density at radius 3 is 3.00 bits per heavy atom. The Kier molecular flexibility index (Phi) is 3.94. The van der Waals surface area contributed by atoms with E-state index in [1.165, 1.54) is 0 Å². The number of nitrogens with one attached hydrogen (secondary N) is 1. The molecule has 0 fully saturated rings. The van der Waals surface area contributed by atoms with Crippen LogP contribution in [0.5, 0.6) is 0 Å². The van der Waals surface area contributed by atoms with E-state index < -0.39 is 0 Å². The van der Waals surface area contributed by atoms with Crippen LogP contribution in [0.15, 0.2) is 10.7 Å². The quantitative estimate of drug-likeness (QED) is 0.840. The number of hydrogen-bond donors (Lipinski definition) is 2. The fraction of sp³-hybridized carbons (Fsp3) is 0.500. The third kappa shape index (κ3) is 3.02. The van der Waals surface area contributed by atoms with Crippen LogP contribution in [-0.2, 0) is 11.3 Å². The van der Waals surface area contributed by atoms with Crippen LogP contribution in [0.2, 0.25) is 0 Å². The van der Waals surface area contributed by atoms with Gasteiger partial charge in [-0.2, -0.15) is 5.10 Å². The van der Waals surface area contributed by atoms with Crippen molar-refractivity contribution >= 4 is 27.7 Å². The summed E-state index contributed by atoms with van der Waals surface area (Å²) < 4.78 is 2.51. The van der Waals surface area contributed by atoms with E-state index in [9.17, 15) is 4.79 Å². The van der Waals surface area contributed by atoms with Crippen molar-refractivity contribution in [2.75, 3.05) is 12.8 Å². The minimum Gasteiger partial charge on any atom is -0.381 e. The minimum absolute atomic E-state index is 0.0455. The molecule has 1 rings (SSSR count). The van der Waals surface area contributed by atoms with Crippen LogP contribution in [0.3, 0.4) is 0 Å². The molecule has 0 bridgehead atoms. The third-order valence-corrected chi connectivity index (χ3v) is 2.42. The van der Waals surface area contributed by atoms with Gasteiger partial charge in [-0.25, -0.2) is 0 Å². The molecule has 0 aliphatic carbocycles. The van der Waals surface area contributed by atoms with E-state index in [0.29, 0.717) is 18.8 Å². The molecule has 1 amide bonds. The highest BCUT2D eigenvalue weighted by Gasteiger charge is 2.02. The lowest BCUT2D eigenvalue weighted by molar-refractivity contribution is -0.120. The smallest absolute Gasteiger partial charge is 0.219 e. The summed E-state index contributed by atoms with van der Waals surface area (Å²) in [6.45, 7) is 0.698. The lowest BCUT2D eigenvalue weighted by Gasteiger charge is -2.00. The number of amides is 1. The first-order chi connectivity index (χ1) is 6.63. The predicted molar refractivity (Wildman–Crippen MR) is 57.6 cm³/mol. The van der Waals surface area contributed by atoms with Crippen LogP contribution >= 0.6 is 15.9 Å². The minimum atomic E-state index is 0.0455. The first kappa shape index (κ1) is 11.0. The van der Waals surface area contributed by atoms with Gasteiger partial charge < -0.3 is 11.1 Å². The van der Waals surface area contributed by atoms with Crippen LogP contribution in [0.1, 0.15) is 12.8 Å². The Hall–Kier alpha value is -1.04. The Morgan fingerprint density at radius 2 is 2.50 bits per heavy atom. The van der Waals surface area contributed by atoms with Gasteiger partial charge in [-0.15, -0.1) is 0 Å². The Morgan fingerprint density at radius 1 is 1.79 bits per heavy atom. The average Bonchev–Trinajstić information content (AvgIpc) is 2.46. The Labute approximate surface area is 90.8 Å². The molecular formula is C8H13BrN4O. The van der Waals surface area contributed by atoms with E-state index in [4.69, 9.17) is 5.73 Å². The molecule has 1 aromatic rings. The highest BCUT2D eigenvalue weighted by atomic mass is 79.9. The molecule has 6 heteroatoms. The molecule has 0 aliphatic rings. The molecule has 0 saturated carbocycles. The van der Waals surface area contributed by atoms with Crippen LogP contribution in [0, 0.1) is 0 Å². The van der Waals surface area contributed by atoms with Gasteiger partial charge in [-0.3, -0.25) is 9.48 Å². The van der Waals surface area contributed by atoms with Gasteiger partial charge >= 0.3 is 0 Å². The van der Waals surface area contributed by atoms with Crippen LogP contribution in [0.4, 0.5) is 5.82 Å². The normalized spacial score (nSPS) is 10.1. The predicted octanol–water partition coefficient (Wildman–Crippen LogP) is 0.754. The van der Waals surface area contributed by atoms with Crippen molar-refractivity contribution in [3.05, 3.63) is 10.7 Å². The van der Waals surface area contributed by atoms with Gasteiger partial charge in [0.2, 0.25) is 5.91 Å². The monoisotopic (exact) mass is 260 g/mol. The maximum absolute atomic E-state index is 10.9. The summed E-state index contributed by atoms with van der Waals surface area (Å²) in [7, 11) is 1.63. The number of rotatable bonds is 4. The molecule has 1 heterocycles. The Balaban J connectivity index is 2.35. The summed E-state index contributed by atoms with van der Waals surface area (Å²) in [5, 5.41) is 6.61. The molecule has 78 valence electrons. The molecule has 0 spiro atoms. The first-order valence-corrected chi connectivity index (χ1v) is 5.12. The molecule has 5 nitrogen and oxygen atoms in total. The number of hydrogen-bond acceptors (Lipinski definition) is 3. The van der Waals surface area contributed by atoms with Gasteiger partial charge in [0.05, 0.1) is 4.47 Å². The lowest BCUT2D eigenvalue weighted by atomic mass is 10.3. The summed E-state index contributed by atoms with van der Waals surface area (Å²) in [5.41, 5.74) is 5.54. The van der Waals surface area contributed by atoms with Gasteiger partial charge in [0, 0.05) is 26.2 Å². The highest BCUT2D eigenvalue weighted by molar-refractivity contribution is 9.10. The van der Waals surface area contributed by atoms with E-state index in [1.807, 2.05) is 0 Å². The standard InChI is InChI=1S/C8H13BrN4O/c1-11-7(14)3-2-4-13-5-6(9)8(10)12-13/h5H,2-4H2,1H3,(H2,10,12)(H,11,14). The van der Waals surface area contributed by atoms with E-state index in [0.717, 1.165) is 10.9 Å². The lowest BCUT2D eigenvalue weighted by Crippen LogP contribution is -2.17. The van der Waals surface area contributed by atoms with Crippen molar-refractivity contribution in [3.63, 3.8) is 0 Å². The number of nitrogens with zero attached hydrogens (tertiary/aromatic N) is 2. The zero-order valence-corrected chi connectivity index (χ0v) is 9.54. The van der Waals surface area contributed by atoms with E-state index in [2.05, 4.69) is 26.3 Å². The Bertz CT molecular complexity index is 304. The van der Waals surface area contributed by atoms with Crippen molar-refractivity contribution in [2.45, 2.75) is 19.4 Å². The number of nitrogens with two attached hydrogens (primary N) is 1. The largest absolute Gasteiger partial charge is 0.381 e. The number of aryl methyl sites for hydroxylation is 1. The summed E-state index contributed by atoms with van der Waals surface area (Å²) in [6, 6.07) is 0. The second-order valence-corrected chi connectivity index (χ2v) is 3.76. The van der Waals surface area contributed by atoms with Gasteiger partial charge in [0.25, 0.3) is 0 Å². The number of nitrogen functional groups attached to an aromatic ring is 1. The maximum Gasteiger partial charge on any atom is 0.219 e. The molecule has 1 aromatic heterocycles. The van der Waals surface area contributed by atoms with Crippen molar-refractivity contribution in [3.8, 4) is 0 Å². The molecule has 0 aromatic carbocycles. The summed E-state index contributed by atoms with van der Waals surface area (Å²) in [4.78, 5) is 10.9. The molecule has 0 atom stereocenters. The van der Waals surface area contributed by atoms with E-state index >= 15 is 0 Å². The number of halogens is 1. The number of carbonyl (C=O) groups is 1. The molecule has 0 radical (unpaired) electrons. The van der Waals surface area contributed by atoms with E-state index in [1.54, 1.807) is 17.9 Å². The molecule has 0 unspecified atom stereocenters. The fourth-order valence-corrected chi connectivity index (χ4v) is 1.37. The highest BCUT2D eigenvalue weighted by Crippen LogP contribution is 2.16. The molecule has 0 saturated heterocycles. The molecular weight excluding hydrogens is 248 g/mol. The van der Waals surface area contributed by atoms with Crippen molar-refractivity contribution < 1.29 is 4.79 Å². The van der Waals surface area contributed by atoms with Gasteiger partial charge in [0.15, 0.2) is 5.82 Å².